The predicted molar refractivity (Wildman–Crippen MR) is 84.9 cm³/mol. The lowest BCUT2D eigenvalue weighted by atomic mass is 9.89. The lowest BCUT2D eigenvalue weighted by molar-refractivity contribution is -0.138. The van der Waals surface area contributed by atoms with E-state index in [9.17, 15) is 4.79 Å². The van der Waals surface area contributed by atoms with Crippen molar-refractivity contribution in [1.82, 2.24) is 4.90 Å². The van der Waals surface area contributed by atoms with Gasteiger partial charge in [0.2, 0.25) is 5.91 Å². The minimum Gasteiger partial charge on any atom is -0.341 e. The largest absolute Gasteiger partial charge is 0.341 e. The van der Waals surface area contributed by atoms with Crippen LogP contribution in [0.3, 0.4) is 0 Å². The van der Waals surface area contributed by atoms with Gasteiger partial charge in [-0.1, -0.05) is 49.6 Å². The molecule has 1 atom stereocenters. The number of carbonyl (C=O) groups is 1. The maximum absolute atomic E-state index is 12.7. The summed E-state index contributed by atoms with van der Waals surface area (Å²) in [6.45, 7) is 1.81. The molecule has 20 heavy (non-hydrogen) atoms. The topological polar surface area (TPSA) is 46.3 Å². The van der Waals surface area contributed by atoms with E-state index in [2.05, 4.69) is 0 Å². The van der Waals surface area contributed by atoms with Crippen LogP contribution in [0.1, 0.15) is 44.6 Å². The maximum atomic E-state index is 12.7. The molecule has 1 unspecified atom stereocenters. The van der Waals surface area contributed by atoms with Crippen molar-refractivity contribution in [1.29, 1.82) is 0 Å². The van der Waals surface area contributed by atoms with Crippen molar-refractivity contribution in [3.05, 3.63) is 35.9 Å². The highest BCUT2D eigenvalue weighted by Crippen LogP contribution is 2.26. The molecule has 4 heteroatoms. The van der Waals surface area contributed by atoms with Crippen LogP contribution in [-0.2, 0) is 10.3 Å². The molecule has 1 fully saturated rings. The average Bonchev–Trinajstić information content (AvgIpc) is 2.47. The third-order valence-corrected chi connectivity index (χ3v) is 4.26. The Morgan fingerprint density at radius 1 is 1.20 bits per heavy atom. The van der Waals surface area contributed by atoms with Crippen molar-refractivity contribution in [3.8, 4) is 0 Å². The minimum absolute atomic E-state index is 0. The standard InChI is InChI=1S/C16H24N2O.ClH/c1-16(17,13-9-5-3-6-10-13)15(19)18(2)14-11-7-4-8-12-14;/h3,5-6,9-10,14H,4,7-8,11-12,17H2,1-2H3;1H. The first-order valence-electron chi connectivity index (χ1n) is 7.15. The SMILES string of the molecule is CN(C(=O)C(C)(N)c1ccccc1)C1CCCCC1.Cl. The molecular formula is C16H25ClN2O. The molecule has 112 valence electrons. The first-order valence-corrected chi connectivity index (χ1v) is 7.15. The number of rotatable bonds is 3. The number of nitrogens with two attached hydrogens (primary N) is 1. The average molecular weight is 297 g/mol. The van der Waals surface area contributed by atoms with Crippen LogP contribution in [0.2, 0.25) is 0 Å². The van der Waals surface area contributed by atoms with Crippen LogP contribution < -0.4 is 5.73 Å². The summed E-state index contributed by atoms with van der Waals surface area (Å²) in [6, 6.07) is 9.99. The molecule has 0 aliphatic heterocycles. The lowest BCUT2D eigenvalue weighted by Crippen LogP contribution is -2.52. The fraction of sp³-hybridized carbons (Fsp3) is 0.562. The molecule has 2 N–H and O–H groups in total. The molecule has 2 rings (SSSR count). The van der Waals surface area contributed by atoms with Crippen molar-refractivity contribution in [2.24, 2.45) is 5.73 Å². The summed E-state index contributed by atoms with van der Waals surface area (Å²) in [4.78, 5) is 14.5. The zero-order valence-corrected chi connectivity index (χ0v) is 13.2. The predicted octanol–water partition coefficient (Wildman–Crippen LogP) is 3.07. The first kappa shape index (κ1) is 17.0. The molecule has 0 radical (unpaired) electrons. The van der Waals surface area contributed by atoms with E-state index in [1.54, 1.807) is 0 Å². The van der Waals surface area contributed by atoms with E-state index < -0.39 is 5.54 Å². The highest BCUT2D eigenvalue weighted by molar-refractivity contribution is 5.87. The van der Waals surface area contributed by atoms with Crippen LogP contribution in [0, 0.1) is 0 Å². The Hall–Kier alpha value is -1.06. The molecule has 0 heterocycles. The number of halogens is 1. The number of benzene rings is 1. The maximum Gasteiger partial charge on any atom is 0.246 e. The van der Waals surface area contributed by atoms with Crippen molar-refractivity contribution >= 4 is 18.3 Å². The van der Waals surface area contributed by atoms with Crippen molar-refractivity contribution < 1.29 is 4.79 Å². The third-order valence-electron chi connectivity index (χ3n) is 4.26. The van der Waals surface area contributed by atoms with Gasteiger partial charge in [-0.05, 0) is 25.3 Å². The highest BCUT2D eigenvalue weighted by Gasteiger charge is 2.35. The van der Waals surface area contributed by atoms with Gasteiger partial charge in [0.05, 0.1) is 0 Å². The van der Waals surface area contributed by atoms with E-state index >= 15 is 0 Å². The van der Waals surface area contributed by atoms with Gasteiger partial charge >= 0.3 is 0 Å². The number of hydrogen-bond donors (Lipinski definition) is 1. The Balaban J connectivity index is 0.00000200. The number of nitrogens with zero attached hydrogens (tertiary/aromatic N) is 1. The normalized spacial score (nSPS) is 18.8. The van der Waals surface area contributed by atoms with Gasteiger partial charge in [-0.15, -0.1) is 12.4 Å². The van der Waals surface area contributed by atoms with E-state index in [0.29, 0.717) is 6.04 Å². The number of hydrogen-bond acceptors (Lipinski definition) is 2. The molecule has 1 aliphatic rings. The number of carbonyl (C=O) groups excluding carboxylic acids is 1. The Bertz CT molecular complexity index is 427. The van der Waals surface area contributed by atoms with Crippen LogP contribution in [0.25, 0.3) is 0 Å². The molecule has 1 aliphatic carbocycles. The molecule has 0 saturated heterocycles. The van der Waals surface area contributed by atoms with Crippen molar-refractivity contribution in [2.75, 3.05) is 7.05 Å². The van der Waals surface area contributed by atoms with E-state index in [4.69, 9.17) is 5.73 Å². The second-order valence-electron chi connectivity index (χ2n) is 5.78. The Kier molecular flexibility index (Phi) is 6.03. The van der Waals surface area contributed by atoms with Crippen molar-refractivity contribution in [2.45, 2.75) is 50.6 Å². The second kappa shape index (κ2) is 7.09. The molecule has 3 nitrogen and oxygen atoms in total. The number of amides is 1. The quantitative estimate of drug-likeness (QED) is 0.932. The highest BCUT2D eigenvalue weighted by atomic mass is 35.5. The molecule has 1 amide bonds. The fourth-order valence-electron chi connectivity index (χ4n) is 2.91. The third kappa shape index (κ3) is 3.53. The summed E-state index contributed by atoms with van der Waals surface area (Å²) in [5.41, 5.74) is 6.24. The van der Waals surface area contributed by atoms with Crippen LogP contribution in [0.15, 0.2) is 30.3 Å². The zero-order valence-electron chi connectivity index (χ0n) is 12.3. The molecule has 0 aromatic heterocycles. The molecular weight excluding hydrogens is 272 g/mol. The summed E-state index contributed by atoms with van der Waals surface area (Å²) < 4.78 is 0. The monoisotopic (exact) mass is 296 g/mol. The molecule has 0 spiro atoms. The number of likely N-dealkylation sites (N-methyl/N-ethyl adjacent to an activating group) is 1. The van der Waals surface area contributed by atoms with E-state index in [1.807, 2.05) is 49.2 Å². The van der Waals surface area contributed by atoms with E-state index in [-0.39, 0.29) is 18.3 Å². The van der Waals surface area contributed by atoms with Gasteiger partial charge in [-0.3, -0.25) is 4.79 Å². The fourth-order valence-corrected chi connectivity index (χ4v) is 2.91. The Morgan fingerprint density at radius 2 is 1.75 bits per heavy atom. The summed E-state index contributed by atoms with van der Waals surface area (Å²) in [5.74, 6) is 0.0191. The van der Waals surface area contributed by atoms with E-state index in [0.717, 1.165) is 18.4 Å². The first-order chi connectivity index (χ1) is 9.03. The minimum atomic E-state index is -0.937. The lowest BCUT2D eigenvalue weighted by Gasteiger charge is -2.36. The van der Waals surface area contributed by atoms with Gasteiger partial charge in [-0.2, -0.15) is 0 Å². The molecule has 1 aromatic carbocycles. The van der Waals surface area contributed by atoms with Gasteiger partial charge in [0.1, 0.15) is 5.54 Å². The van der Waals surface area contributed by atoms with Crippen LogP contribution in [-0.4, -0.2) is 23.9 Å². The second-order valence-corrected chi connectivity index (χ2v) is 5.78. The van der Waals surface area contributed by atoms with Gasteiger partial charge in [0.25, 0.3) is 0 Å². The Morgan fingerprint density at radius 3 is 2.30 bits per heavy atom. The molecule has 1 aromatic rings. The zero-order chi connectivity index (χ0) is 13.9. The van der Waals surface area contributed by atoms with Crippen LogP contribution in [0.5, 0.6) is 0 Å². The molecule has 1 saturated carbocycles. The molecule has 0 bridgehead atoms. The summed E-state index contributed by atoms with van der Waals surface area (Å²) in [7, 11) is 1.90. The van der Waals surface area contributed by atoms with Gasteiger partial charge < -0.3 is 10.6 Å². The van der Waals surface area contributed by atoms with Crippen LogP contribution in [0.4, 0.5) is 0 Å². The Labute approximate surface area is 127 Å². The van der Waals surface area contributed by atoms with Gasteiger partial charge in [-0.25, -0.2) is 0 Å². The van der Waals surface area contributed by atoms with E-state index in [1.165, 1.54) is 19.3 Å². The van der Waals surface area contributed by atoms with Crippen LogP contribution >= 0.6 is 12.4 Å². The summed E-state index contributed by atoms with van der Waals surface area (Å²) in [5, 5.41) is 0. The smallest absolute Gasteiger partial charge is 0.246 e. The van der Waals surface area contributed by atoms with Gasteiger partial charge in [0, 0.05) is 13.1 Å². The van der Waals surface area contributed by atoms with Crippen molar-refractivity contribution in [3.63, 3.8) is 0 Å². The summed E-state index contributed by atoms with van der Waals surface area (Å²) in [6.07, 6.45) is 5.93. The summed E-state index contributed by atoms with van der Waals surface area (Å²) >= 11 is 0. The van der Waals surface area contributed by atoms with Gasteiger partial charge in [0.15, 0.2) is 0 Å².